The third-order valence-electron chi connectivity index (χ3n) is 3.14. The number of ether oxygens (including phenoxy) is 1. The molecule has 0 aliphatic heterocycles. The molecular weight excluding hydrogens is 282 g/mol. The van der Waals surface area contributed by atoms with Crippen LogP contribution in [0.1, 0.15) is 29.3 Å². The zero-order valence-electron chi connectivity index (χ0n) is 10.00. The quantitative estimate of drug-likeness (QED) is 0.869. The second kappa shape index (κ2) is 5.19. The zero-order valence-corrected chi connectivity index (χ0v) is 11.6. The molecule has 1 fully saturated rings. The Balaban J connectivity index is 2.01. The van der Waals surface area contributed by atoms with Gasteiger partial charge in [-0.15, -0.1) is 0 Å². The molecule has 2 atom stereocenters. The Bertz CT molecular complexity index is 433. The summed E-state index contributed by atoms with van der Waals surface area (Å²) < 4.78 is 5.62. The minimum Gasteiger partial charge on any atom is -0.465 e. The average Bonchev–Trinajstić information content (AvgIpc) is 3.02. The number of hydrogen-bond donors (Lipinski definition) is 1. The van der Waals surface area contributed by atoms with Crippen LogP contribution in [-0.4, -0.2) is 19.1 Å². The molecule has 92 valence electrons. The van der Waals surface area contributed by atoms with Crippen LogP contribution in [0.4, 0.5) is 0 Å². The highest BCUT2D eigenvalue weighted by Crippen LogP contribution is 2.29. The van der Waals surface area contributed by atoms with Gasteiger partial charge in [0, 0.05) is 17.1 Å². The van der Waals surface area contributed by atoms with E-state index in [-0.39, 0.29) is 5.97 Å². The molecule has 4 heteroatoms. The van der Waals surface area contributed by atoms with E-state index in [1.807, 2.05) is 6.07 Å². The molecule has 0 aromatic heterocycles. The van der Waals surface area contributed by atoms with Gasteiger partial charge in [-0.1, -0.05) is 28.9 Å². The molecule has 0 radical (unpaired) electrons. The molecule has 0 amide bonds. The minimum atomic E-state index is -0.305. The number of esters is 1. The van der Waals surface area contributed by atoms with Crippen LogP contribution in [0.2, 0.25) is 0 Å². The Kier molecular flexibility index (Phi) is 3.84. The molecule has 1 aromatic carbocycles. The second-order valence-electron chi connectivity index (χ2n) is 4.50. The summed E-state index contributed by atoms with van der Waals surface area (Å²) in [5.74, 6) is 0.490. The van der Waals surface area contributed by atoms with Crippen LogP contribution in [0.25, 0.3) is 0 Å². The van der Waals surface area contributed by atoms with E-state index in [1.165, 1.54) is 13.5 Å². The molecule has 0 saturated heterocycles. The lowest BCUT2D eigenvalue weighted by Crippen LogP contribution is -2.17. The summed E-state index contributed by atoms with van der Waals surface area (Å²) in [6, 6.07) is 6.21. The van der Waals surface area contributed by atoms with Gasteiger partial charge in [-0.25, -0.2) is 4.79 Å². The van der Waals surface area contributed by atoms with Gasteiger partial charge in [0.1, 0.15) is 0 Å². The second-order valence-corrected chi connectivity index (χ2v) is 5.35. The monoisotopic (exact) mass is 297 g/mol. The fraction of sp³-hybridized carbons (Fsp3) is 0.462. The predicted molar refractivity (Wildman–Crippen MR) is 69.9 cm³/mol. The molecule has 17 heavy (non-hydrogen) atoms. The lowest BCUT2D eigenvalue weighted by molar-refractivity contribution is 0.0600. The highest BCUT2D eigenvalue weighted by molar-refractivity contribution is 9.10. The fourth-order valence-electron chi connectivity index (χ4n) is 1.78. The SMILES string of the molecule is COC(=O)c1ccc(CNC2CC2C)c(Br)c1. The first-order chi connectivity index (χ1) is 8.11. The van der Waals surface area contributed by atoms with Crippen LogP contribution in [-0.2, 0) is 11.3 Å². The Morgan fingerprint density at radius 2 is 2.29 bits per heavy atom. The Hall–Kier alpha value is -0.870. The summed E-state index contributed by atoms with van der Waals surface area (Å²) >= 11 is 3.48. The third kappa shape index (κ3) is 3.07. The molecule has 0 spiro atoms. The van der Waals surface area contributed by atoms with Gasteiger partial charge in [-0.05, 0) is 30.0 Å². The summed E-state index contributed by atoms with van der Waals surface area (Å²) in [6.45, 7) is 3.07. The molecular formula is C13H16BrNO2. The van der Waals surface area contributed by atoms with Gasteiger partial charge in [-0.2, -0.15) is 0 Å². The molecule has 3 nitrogen and oxygen atoms in total. The summed E-state index contributed by atoms with van der Waals surface area (Å²) in [6.07, 6.45) is 1.26. The van der Waals surface area contributed by atoms with Crippen molar-refractivity contribution >= 4 is 21.9 Å². The number of methoxy groups -OCH3 is 1. The first-order valence-electron chi connectivity index (χ1n) is 5.72. The van der Waals surface area contributed by atoms with Gasteiger partial charge in [0.15, 0.2) is 0 Å². The molecule has 2 unspecified atom stereocenters. The molecule has 2 rings (SSSR count). The number of halogens is 1. The lowest BCUT2D eigenvalue weighted by Gasteiger charge is -2.07. The van der Waals surface area contributed by atoms with Gasteiger partial charge in [0.05, 0.1) is 12.7 Å². The van der Waals surface area contributed by atoms with Crippen LogP contribution >= 0.6 is 15.9 Å². The van der Waals surface area contributed by atoms with E-state index < -0.39 is 0 Å². The average molecular weight is 298 g/mol. The fourth-order valence-corrected chi connectivity index (χ4v) is 2.30. The summed E-state index contributed by atoms with van der Waals surface area (Å²) in [5, 5.41) is 3.48. The largest absolute Gasteiger partial charge is 0.465 e. The van der Waals surface area contributed by atoms with Crippen molar-refractivity contribution in [1.82, 2.24) is 5.32 Å². The first-order valence-corrected chi connectivity index (χ1v) is 6.51. The van der Waals surface area contributed by atoms with Crippen molar-refractivity contribution in [1.29, 1.82) is 0 Å². The van der Waals surface area contributed by atoms with Crippen LogP contribution in [0.15, 0.2) is 22.7 Å². The van der Waals surface area contributed by atoms with Crippen molar-refractivity contribution in [2.75, 3.05) is 7.11 Å². The van der Waals surface area contributed by atoms with Crippen molar-refractivity contribution in [3.8, 4) is 0 Å². The number of rotatable bonds is 4. The van der Waals surface area contributed by atoms with Gasteiger partial charge in [-0.3, -0.25) is 0 Å². The van der Waals surface area contributed by atoms with Gasteiger partial charge in [0.2, 0.25) is 0 Å². The standard InChI is InChI=1S/C13H16BrNO2/c1-8-5-12(8)15-7-10-4-3-9(6-11(10)14)13(16)17-2/h3-4,6,8,12,15H,5,7H2,1-2H3. The maximum Gasteiger partial charge on any atom is 0.337 e. The van der Waals surface area contributed by atoms with Crippen molar-refractivity contribution in [3.05, 3.63) is 33.8 Å². The number of carbonyl (C=O) groups excluding carboxylic acids is 1. The van der Waals surface area contributed by atoms with Gasteiger partial charge in [0.25, 0.3) is 0 Å². The van der Waals surface area contributed by atoms with E-state index in [2.05, 4.69) is 32.9 Å². The van der Waals surface area contributed by atoms with E-state index in [4.69, 9.17) is 0 Å². The van der Waals surface area contributed by atoms with Crippen molar-refractivity contribution in [3.63, 3.8) is 0 Å². The van der Waals surface area contributed by atoms with Gasteiger partial charge < -0.3 is 10.1 Å². The molecule has 1 aliphatic carbocycles. The Morgan fingerprint density at radius 3 is 2.82 bits per heavy atom. The maximum absolute atomic E-state index is 11.3. The molecule has 0 bridgehead atoms. The van der Waals surface area contributed by atoms with Crippen molar-refractivity contribution in [2.24, 2.45) is 5.92 Å². The predicted octanol–water partition coefficient (Wildman–Crippen LogP) is 2.73. The van der Waals surface area contributed by atoms with E-state index in [9.17, 15) is 4.79 Å². The molecule has 1 aromatic rings. The highest BCUT2D eigenvalue weighted by atomic mass is 79.9. The van der Waals surface area contributed by atoms with Crippen LogP contribution in [0, 0.1) is 5.92 Å². The highest BCUT2D eigenvalue weighted by Gasteiger charge is 2.31. The number of benzene rings is 1. The number of carbonyl (C=O) groups is 1. The van der Waals surface area contributed by atoms with E-state index in [0.29, 0.717) is 11.6 Å². The van der Waals surface area contributed by atoms with Crippen molar-refractivity contribution < 1.29 is 9.53 Å². The summed E-state index contributed by atoms with van der Waals surface area (Å²) in [4.78, 5) is 11.3. The van der Waals surface area contributed by atoms with Crippen LogP contribution in [0.3, 0.4) is 0 Å². The lowest BCUT2D eigenvalue weighted by atomic mass is 10.1. The third-order valence-corrected chi connectivity index (χ3v) is 3.88. The first kappa shape index (κ1) is 12.6. The normalized spacial score (nSPS) is 22.3. The molecule has 0 heterocycles. The topological polar surface area (TPSA) is 38.3 Å². The molecule has 1 aliphatic rings. The van der Waals surface area contributed by atoms with Gasteiger partial charge >= 0.3 is 5.97 Å². The Labute approximate surface area is 110 Å². The van der Waals surface area contributed by atoms with Crippen LogP contribution < -0.4 is 5.32 Å². The van der Waals surface area contributed by atoms with E-state index in [1.54, 1.807) is 12.1 Å². The maximum atomic E-state index is 11.3. The zero-order chi connectivity index (χ0) is 12.4. The molecule has 1 N–H and O–H groups in total. The van der Waals surface area contributed by atoms with E-state index >= 15 is 0 Å². The summed E-state index contributed by atoms with van der Waals surface area (Å²) in [7, 11) is 1.39. The van der Waals surface area contributed by atoms with E-state index in [0.717, 1.165) is 22.5 Å². The number of nitrogens with one attached hydrogen (secondary N) is 1. The Morgan fingerprint density at radius 1 is 1.59 bits per heavy atom. The van der Waals surface area contributed by atoms with Crippen molar-refractivity contribution in [2.45, 2.75) is 25.9 Å². The minimum absolute atomic E-state index is 0.305. The molecule has 1 saturated carbocycles. The smallest absolute Gasteiger partial charge is 0.337 e. The summed E-state index contributed by atoms with van der Waals surface area (Å²) in [5.41, 5.74) is 1.74. The number of hydrogen-bond acceptors (Lipinski definition) is 3. The van der Waals surface area contributed by atoms with Crippen LogP contribution in [0.5, 0.6) is 0 Å².